The van der Waals surface area contributed by atoms with Crippen molar-refractivity contribution in [1.29, 1.82) is 0 Å². The second-order valence-electron chi connectivity index (χ2n) is 3.47. The smallest absolute Gasteiger partial charge is 0.225 e. The first kappa shape index (κ1) is 15.2. The Morgan fingerprint density at radius 3 is 0.556 bits per heavy atom. The van der Waals surface area contributed by atoms with Crippen LogP contribution in [0.4, 0.5) is 52.7 Å². The number of hydrogen-bond donors (Lipinski definition) is 0. The zero-order valence-electron chi connectivity index (χ0n) is 7.54. The Bertz CT molecular complexity index is 291. The summed E-state index contributed by atoms with van der Waals surface area (Å²) in [5.41, 5.74) is -20.2. The maximum atomic E-state index is 12.8. The van der Waals surface area contributed by atoms with Crippen LogP contribution in [0.25, 0.3) is 0 Å². The minimum absolute atomic E-state index is 6.72. The van der Waals surface area contributed by atoms with Crippen LogP contribution in [0.1, 0.15) is 0 Å². The van der Waals surface area contributed by atoms with Crippen molar-refractivity contribution in [3.63, 3.8) is 0 Å². The van der Waals surface area contributed by atoms with E-state index >= 15 is 0 Å². The lowest BCUT2D eigenvalue weighted by Gasteiger charge is -2.15. The van der Waals surface area contributed by atoms with Gasteiger partial charge in [0.1, 0.15) is 0 Å². The summed E-state index contributed by atoms with van der Waals surface area (Å²) in [6.07, 6.45) is -21.1. The number of rotatable bonds is 0. The van der Waals surface area contributed by atoms with Crippen LogP contribution in [0.2, 0.25) is 0 Å². The van der Waals surface area contributed by atoms with Gasteiger partial charge in [-0.1, -0.05) is 0 Å². The van der Waals surface area contributed by atoms with Gasteiger partial charge in [0.2, 0.25) is 0 Å². The molecule has 0 aromatic rings. The molecule has 0 aromatic heterocycles. The number of alkyl halides is 12. The van der Waals surface area contributed by atoms with Crippen LogP contribution in [0.5, 0.6) is 0 Å². The minimum Gasteiger partial charge on any atom is -0.225 e. The summed E-state index contributed by atoms with van der Waals surface area (Å²) < 4.78 is 145. The van der Waals surface area contributed by atoms with E-state index in [4.69, 9.17) is 0 Å². The lowest BCUT2D eigenvalue weighted by atomic mass is 10.2. The number of halogens is 12. The molecule has 0 radical (unpaired) electrons. The fourth-order valence-electron chi connectivity index (χ4n) is 1.63. The molecule has 1 fully saturated rings. The first-order valence-corrected chi connectivity index (χ1v) is 3.77. The molecular weight excluding hydrogens is 300 g/mol. The summed E-state index contributed by atoms with van der Waals surface area (Å²) in [7, 11) is 0. The fraction of sp³-hybridized carbons (Fsp3) is 1.00. The summed E-state index contributed by atoms with van der Waals surface area (Å²) in [4.78, 5) is 0. The molecule has 1 aliphatic rings. The Kier molecular flexibility index (Phi) is 2.54. The van der Waals surface area contributed by atoms with Gasteiger partial charge in [-0.25, -0.2) is 13.2 Å². The molecule has 0 aromatic carbocycles. The van der Waals surface area contributed by atoms with Gasteiger partial charge in [-0.2, -0.15) is 39.5 Å². The summed E-state index contributed by atoms with van der Waals surface area (Å²) in [5, 5.41) is 0. The molecule has 0 N–H and O–H groups in total. The van der Waals surface area contributed by atoms with Crippen molar-refractivity contribution in [2.45, 2.75) is 35.5 Å². The third-order valence-corrected chi connectivity index (χ3v) is 2.53. The molecular formula is C6F12. The lowest BCUT2D eigenvalue weighted by molar-refractivity contribution is -0.258. The predicted molar refractivity (Wildman–Crippen MR) is 29.7 cm³/mol. The molecule has 0 bridgehead atoms. The van der Waals surface area contributed by atoms with E-state index in [9.17, 15) is 52.7 Å². The Hall–Kier alpha value is -0.840. The van der Waals surface area contributed by atoms with Crippen LogP contribution in [-0.4, -0.2) is 35.5 Å². The van der Waals surface area contributed by atoms with Gasteiger partial charge in [0.25, 0.3) is 17.0 Å². The van der Waals surface area contributed by atoms with E-state index in [2.05, 4.69) is 0 Å². The molecule has 108 valence electrons. The zero-order valence-corrected chi connectivity index (χ0v) is 7.54. The third kappa shape index (κ3) is 1.16. The van der Waals surface area contributed by atoms with Crippen LogP contribution in [0, 0.1) is 0 Å². The van der Waals surface area contributed by atoms with Crippen molar-refractivity contribution in [3.8, 4) is 0 Å². The van der Waals surface area contributed by atoms with E-state index in [1.807, 2.05) is 0 Å². The Balaban J connectivity index is 3.55. The van der Waals surface area contributed by atoms with Crippen molar-refractivity contribution in [2.24, 2.45) is 0 Å². The average molecular weight is 300 g/mol. The van der Waals surface area contributed by atoms with E-state index in [-0.39, 0.29) is 0 Å². The Labute approximate surface area is 89.5 Å². The predicted octanol–water partition coefficient (Wildman–Crippen LogP) is 3.81. The van der Waals surface area contributed by atoms with Gasteiger partial charge in [0, 0.05) is 0 Å². The largest absolute Gasteiger partial charge is 0.430 e. The number of hydrogen-bond acceptors (Lipinski definition) is 0. The highest BCUT2D eigenvalue weighted by molar-refractivity contribution is 5.46. The third-order valence-electron chi connectivity index (χ3n) is 2.53. The standard InChI is InChI=1S/C6F12/c7-1(4(10,11)12)2(8,5(13,14)15)3(1,9)6(16,17)18. The van der Waals surface area contributed by atoms with E-state index in [0.29, 0.717) is 0 Å². The van der Waals surface area contributed by atoms with Crippen molar-refractivity contribution in [3.05, 3.63) is 0 Å². The lowest BCUT2D eigenvalue weighted by Crippen LogP contribution is -2.42. The van der Waals surface area contributed by atoms with Crippen molar-refractivity contribution in [1.82, 2.24) is 0 Å². The van der Waals surface area contributed by atoms with Crippen LogP contribution >= 0.6 is 0 Å². The summed E-state index contributed by atoms with van der Waals surface area (Å²) in [6.45, 7) is 0. The second-order valence-corrected chi connectivity index (χ2v) is 3.47. The Morgan fingerprint density at radius 2 is 0.500 bits per heavy atom. The fourth-order valence-corrected chi connectivity index (χ4v) is 1.63. The molecule has 1 aliphatic carbocycles. The second kappa shape index (κ2) is 3.00. The topological polar surface area (TPSA) is 0 Å². The summed E-state index contributed by atoms with van der Waals surface area (Å²) in [5.74, 6) is 0. The summed E-state index contributed by atoms with van der Waals surface area (Å²) in [6, 6.07) is 0. The molecule has 1 saturated carbocycles. The first-order chi connectivity index (χ1) is 7.50. The highest BCUT2D eigenvalue weighted by Crippen LogP contribution is 2.80. The molecule has 0 spiro atoms. The van der Waals surface area contributed by atoms with Gasteiger partial charge < -0.3 is 0 Å². The van der Waals surface area contributed by atoms with E-state index < -0.39 is 35.5 Å². The van der Waals surface area contributed by atoms with Gasteiger partial charge in [-0.3, -0.25) is 0 Å². The monoisotopic (exact) mass is 300 g/mol. The SMILES string of the molecule is FC(F)(F)C1(F)C(F)(C(F)(F)F)C1(F)C(F)(F)F. The Morgan fingerprint density at radius 1 is 0.389 bits per heavy atom. The molecule has 0 heterocycles. The molecule has 0 atom stereocenters. The molecule has 0 amide bonds. The quantitative estimate of drug-likeness (QED) is 0.597. The first-order valence-electron chi connectivity index (χ1n) is 3.77. The van der Waals surface area contributed by atoms with Gasteiger partial charge in [-0.15, -0.1) is 0 Å². The highest BCUT2D eigenvalue weighted by atomic mass is 19.4. The van der Waals surface area contributed by atoms with E-state index in [0.717, 1.165) is 0 Å². The van der Waals surface area contributed by atoms with Gasteiger partial charge in [0.05, 0.1) is 0 Å². The molecule has 12 heteroatoms. The van der Waals surface area contributed by atoms with E-state index in [1.54, 1.807) is 0 Å². The zero-order chi connectivity index (χ0) is 15.0. The molecule has 0 saturated heterocycles. The van der Waals surface area contributed by atoms with Crippen LogP contribution in [-0.2, 0) is 0 Å². The van der Waals surface area contributed by atoms with Crippen LogP contribution < -0.4 is 0 Å². The van der Waals surface area contributed by atoms with Crippen molar-refractivity contribution < 1.29 is 52.7 Å². The average Bonchev–Trinajstić information content (AvgIpc) is 2.48. The molecule has 18 heavy (non-hydrogen) atoms. The minimum atomic E-state index is -7.03. The normalized spacial score (nSPS) is 42.0. The molecule has 0 nitrogen and oxygen atoms in total. The van der Waals surface area contributed by atoms with Crippen molar-refractivity contribution in [2.75, 3.05) is 0 Å². The van der Waals surface area contributed by atoms with Crippen molar-refractivity contribution >= 4 is 0 Å². The molecule has 1 rings (SSSR count). The highest BCUT2D eigenvalue weighted by Gasteiger charge is 3.15. The van der Waals surface area contributed by atoms with Gasteiger partial charge in [0.15, 0.2) is 0 Å². The van der Waals surface area contributed by atoms with Crippen LogP contribution in [0.15, 0.2) is 0 Å². The van der Waals surface area contributed by atoms with Crippen LogP contribution in [0.3, 0.4) is 0 Å². The maximum absolute atomic E-state index is 12.8. The summed E-state index contributed by atoms with van der Waals surface area (Å²) >= 11 is 0. The molecule has 0 unspecified atom stereocenters. The van der Waals surface area contributed by atoms with Gasteiger partial charge >= 0.3 is 18.5 Å². The molecule has 0 aliphatic heterocycles. The van der Waals surface area contributed by atoms with E-state index in [1.165, 1.54) is 0 Å². The van der Waals surface area contributed by atoms with Gasteiger partial charge in [-0.05, 0) is 0 Å². The maximum Gasteiger partial charge on any atom is 0.430 e.